The minimum absolute atomic E-state index is 0.182. The zero-order valence-corrected chi connectivity index (χ0v) is 16.4. The minimum Gasteiger partial charge on any atom is -0.450 e. The van der Waals surface area contributed by atoms with Crippen LogP contribution in [0.15, 0.2) is 10.3 Å². The van der Waals surface area contributed by atoms with E-state index in [9.17, 15) is 13.2 Å². The lowest BCUT2D eigenvalue weighted by Gasteiger charge is -2.34. The van der Waals surface area contributed by atoms with Crippen molar-refractivity contribution in [2.45, 2.75) is 43.9 Å². The lowest BCUT2D eigenvalue weighted by Crippen LogP contribution is -2.45. The van der Waals surface area contributed by atoms with E-state index in [1.165, 1.54) is 0 Å². The Hall–Kier alpha value is -0.830. The molecule has 0 spiro atoms. The maximum absolute atomic E-state index is 12.5. The molecule has 0 bridgehead atoms. The lowest BCUT2D eigenvalue weighted by atomic mass is 9.91. The van der Waals surface area contributed by atoms with Gasteiger partial charge in [-0.15, -0.1) is 11.3 Å². The number of likely N-dealkylation sites (tertiary alicyclic amines) is 1. The van der Waals surface area contributed by atoms with Crippen LogP contribution in [0.4, 0.5) is 4.79 Å². The molecule has 1 aromatic rings. The molecule has 1 N–H and O–H groups in total. The van der Waals surface area contributed by atoms with Crippen LogP contribution in [-0.4, -0.2) is 45.1 Å². The molecule has 0 radical (unpaired) electrons. The van der Waals surface area contributed by atoms with Crippen molar-refractivity contribution in [3.63, 3.8) is 0 Å². The van der Waals surface area contributed by atoms with Crippen LogP contribution >= 0.6 is 22.9 Å². The largest absolute Gasteiger partial charge is 0.450 e. The smallest absolute Gasteiger partial charge is 0.409 e. The summed E-state index contributed by atoms with van der Waals surface area (Å²) in [5, 5.41) is 0. The van der Waals surface area contributed by atoms with Gasteiger partial charge in [0.1, 0.15) is 4.21 Å². The fourth-order valence-corrected chi connectivity index (χ4v) is 5.80. The number of piperidine rings is 1. The van der Waals surface area contributed by atoms with Crippen molar-refractivity contribution in [1.82, 2.24) is 9.62 Å². The molecule has 1 saturated heterocycles. The van der Waals surface area contributed by atoms with Crippen molar-refractivity contribution in [2.75, 3.05) is 19.7 Å². The van der Waals surface area contributed by atoms with Crippen LogP contribution in [0.25, 0.3) is 0 Å². The topological polar surface area (TPSA) is 75.7 Å². The van der Waals surface area contributed by atoms with E-state index in [2.05, 4.69) is 4.72 Å². The monoisotopic (exact) mass is 394 g/mol. The van der Waals surface area contributed by atoms with Crippen molar-refractivity contribution in [3.8, 4) is 0 Å². The molecule has 0 aliphatic carbocycles. The number of carbonyl (C=O) groups excluding carboxylic acids is 1. The Morgan fingerprint density at radius 2 is 2.12 bits per heavy atom. The number of amides is 1. The highest BCUT2D eigenvalue weighted by Gasteiger charge is 2.30. The Morgan fingerprint density at radius 3 is 2.62 bits per heavy atom. The van der Waals surface area contributed by atoms with Crippen molar-refractivity contribution < 1.29 is 17.9 Å². The molecule has 0 unspecified atom stereocenters. The second-order valence-electron chi connectivity index (χ2n) is 5.96. The molecule has 1 aromatic heterocycles. The first-order valence-electron chi connectivity index (χ1n) is 7.94. The highest BCUT2D eigenvalue weighted by molar-refractivity contribution is 7.91. The normalized spacial score (nSPS) is 17.8. The summed E-state index contributed by atoms with van der Waals surface area (Å²) in [7, 11) is -3.57. The summed E-state index contributed by atoms with van der Waals surface area (Å²) >= 11 is 7.03. The zero-order chi connectivity index (χ0) is 17.9. The molecule has 24 heavy (non-hydrogen) atoms. The van der Waals surface area contributed by atoms with Crippen LogP contribution in [0.1, 0.15) is 32.3 Å². The Balaban J connectivity index is 1.93. The van der Waals surface area contributed by atoms with Crippen LogP contribution in [-0.2, 0) is 14.8 Å². The number of thiophene rings is 1. The second kappa shape index (κ2) is 8.03. The van der Waals surface area contributed by atoms with Gasteiger partial charge in [-0.25, -0.2) is 17.9 Å². The summed E-state index contributed by atoms with van der Waals surface area (Å²) in [5.74, 6) is 0.182. The van der Waals surface area contributed by atoms with Gasteiger partial charge >= 0.3 is 6.09 Å². The maximum atomic E-state index is 12.5. The van der Waals surface area contributed by atoms with Crippen LogP contribution in [0.3, 0.4) is 0 Å². The predicted molar refractivity (Wildman–Crippen MR) is 95.2 cm³/mol. The van der Waals surface area contributed by atoms with E-state index in [0.717, 1.165) is 29.7 Å². The fourth-order valence-electron chi connectivity index (χ4n) is 2.76. The number of hydrogen-bond donors (Lipinski definition) is 1. The summed E-state index contributed by atoms with van der Waals surface area (Å²) in [6, 6.07) is 1.38. The quantitative estimate of drug-likeness (QED) is 0.831. The number of carbonyl (C=O) groups is 1. The van der Waals surface area contributed by atoms with Gasteiger partial charge in [-0.3, -0.25) is 0 Å². The van der Waals surface area contributed by atoms with Crippen molar-refractivity contribution >= 4 is 39.1 Å². The molecule has 2 rings (SSSR count). The summed E-state index contributed by atoms with van der Waals surface area (Å²) in [5.41, 5.74) is 0.762. The zero-order valence-electron chi connectivity index (χ0n) is 14.0. The predicted octanol–water partition coefficient (Wildman–Crippen LogP) is 3.25. The standard InChI is InChI=1S/C15H23ClN2O4S2/c1-4-22-15(19)18-7-5-12(6-8-18)11(3)17-24(20,21)13-9-10(2)14(16)23-13/h9,11-12,17H,4-8H2,1-3H3/t11-/m1/s1. The Labute approximate surface area is 152 Å². The Morgan fingerprint density at radius 1 is 1.50 bits per heavy atom. The molecule has 6 nitrogen and oxygen atoms in total. The average Bonchev–Trinajstić information content (AvgIpc) is 2.87. The number of nitrogens with zero attached hydrogens (tertiary/aromatic N) is 1. The van der Waals surface area contributed by atoms with E-state index in [4.69, 9.17) is 16.3 Å². The van der Waals surface area contributed by atoms with Gasteiger partial charge in [0.05, 0.1) is 10.9 Å². The van der Waals surface area contributed by atoms with E-state index in [1.807, 2.05) is 6.92 Å². The van der Waals surface area contributed by atoms with Crippen LogP contribution < -0.4 is 4.72 Å². The number of nitrogens with one attached hydrogen (secondary N) is 1. The Kier molecular flexibility index (Phi) is 6.52. The fraction of sp³-hybridized carbons (Fsp3) is 0.667. The summed E-state index contributed by atoms with van der Waals surface area (Å²) in [4.78, 5) is 13.4. The molecule has 0 saturated carbocycles. The molecule has 1 atom stereocenters. The van der Waals surface area contributed by atoms with E-state index < -0.39 is 10.0 Å². The summed E-state index contributed by atoms with van der Waals surface area (Å²) in [6.45, 7) is 6.95. The molecule has 136 valence electrons. The third-order valence-electron chi connectivity index (χ3n) is 4.21. The number of aryl methyl sites for hydroxylation is 1. The highest BCUT2D eigenvalue weighted by Crippen LogP contribution is 2.31. The molecule has 1 aliphatic heterocycles. The van der Waals surface area contributed by atoms with Gasteiger partial charge < -0.3 is 9.64 Å². The van der Waals surface area contributed by atoms with Crippen molar-refractivity contribution in [2.24, 2.45) is 5.92 Å². The third kappa shape index (κ3) is 4.62. The SMILES string of the molecule is CCOC(=O)N1CCC([C@@H](C)NS(=O)(=O)c2cc(C)c(Cl)s2)CC1. The maximum Gasteiger partial charge on any atom is 0.409 e. The number of sulfonamides is 1. The van der Waals surface area contributed by atoms with Crippen LogP contribution in [0.5, 0.6) is 0 Å². The van der Waals surface area contributed by atoms with Crippen LogP contribution in [0, 0.1) is 12.8 Å². The van der Waals surface area contributed by atoms with E-state index in [0.29, 0.717) is 24.0 Å². The van der Waals surface area contributed by atoms with Crippen molar-refractivity contribution in [3.05, 3.63) is 16.0 Å². The van der Waals surface area contributed by atoms with E-state index >= 15 is 0 Å². The average molecular weight is 395 g/mol. The van der Waals surface area contributed by atoms with E-state index in [-0.39, 0.29) is 22.3 Å². The molecule has 1 aliphatic rings. The molecule has 1 amide bonds. The van der Waals surface area contributed by atoms with Gasteiger partial charge in [-0.2, -0.15) is 0 Å². The molecule has 1 fully saturated rings. The van der Waals surface area contributed by atoms with Gasteiger partial charge in [-0.05, 0) is 51.2 Å². The number of halogens is 1. The van der Waals surface area contributed by atoms with Gasteiger partial charge in [0, 0.05) is 19.1 Å². The summed E-state index contributed by atoms with van der Waals surface area (Å²) < 4.78 is 33.4. The van der Waals surface area contributed by atoms with Gasteiger partial charge in [0.2, 0.25) is 10.0 Å². The van der Waals surface area contributed by atoms with Gasteiger partial charge in [-0.1, -0.05) is 11.6 Å². The first kappa shape index (κ1) is 19.5. The molecule has 9 heteroatoms. The third-order valence-corrected chi connectivity index (χ3v) is 7.80. The minimum atomic E-state index is -3.57. The molecule has 2 heterocycles. The number of ether oxygens (including phenoxy) is 1. The van der Waals surface area contributed by atoms with Gasteiger partial charge in [0.15, 0.2) is 0 Å². The first-order chi connectivity index (χ1) is 11.2. The molecular formula is C15H23ClN2O4S2. The number of rotatable bonds is 5. The second-order valence-corrected chi connectivity index (χ2v) is 9.55. The molecular weight excluding hydrogens is 372 g/mol. The first-order valence-corrected chi connectivity index (χ1v) is 10.6. The van der Waals surface area contributed by atoms with Crippen molar-refractivity contribution in [1.29, 1.82) is 0 Å². The number of hydrogen-bond acceptors (Lipinski definition) is 5. The van der Waals surface area contributed by atoms with E-state index in [1.54, 1.807) is 24.8 Å². The lowest BCUT2D eigenvalue weighted by molar-refractivity contribution is 0.0889. The summed E-state index contributed by atoms with van der Waals surface area (Å²) in [6.07, 6.45) is 1.19. The van der Waals surface area contributed by atoms with Crippen LogP contribution in [0.2, 0.25) is 4.34 Å². The van der Waals surface area contributed by atoms with Gasteiger partial charge in [0.25, 0.3) is 0 Å². The highest BCUT2D eigenvalue weighted by atomic mass is 35.5. The molecule has 0 aromatic carbocycles. The Bertz CT molecular complexity index is 662.